The molecule has 6 nitrogen and oxygen atoms in total. The van der Waals surface area contributed by atoms with Crippen molar-refractivity contribution in [1.29, 1.82) is 0 Å². The Balaban J connectivity index is 3.35. The molecule has 0 aromatic heterocycles. The molecule has 0 radical (unpaired) electrons. The summed E-state index contributed by atoms with van der Waals surface area (Å²) in [4.78, 5) is 24.6. The van der Waals surface area contributed by atoms with Gasteiger partial charge >= 0.3 is 5.97 Å². The van der Waals surface area contributed by atoms with Gasteiger partial charge in [0.25, 0.3) is 0 Å². The molecule has 0 saturated heterocycles. The molecule has 2 atom stereocenters. The fraction of sp³-hybridized carbons (Fsp3) is 0.943. The second kappa shape index (κ2) is 66.1. The van der Waals surface area contributed by atoms with E-state index < -0.39 is 12.1 Å². The molecule has 1 amide bonds. The molecule has 0 heterocycles. The number of carbonyl (C=O) groups is 2. The molecular weight excluding hydrogens is 935 g/mol. The van der Waals surface area contributed by atoms with E-state index in [1.807, 2.05) is 0 Å². The highest BCUT2D eigenvalue weighted by Crippen LogP contribution is 2.19. The summed E-state index contributed by atoms with van der Waals surface area (Å²) >= 11 is 0. The average Bonchev–Trinajstić information content (AvgIpc) is 3.42. The van der Waals surface area contributed by atoms with Gasteiger partial charge in [-0.3, -0.25) is 9.59 Å². The van der Waals surface area contributed by atoms with Crippen molar-refractivity contribution < 1.29 is 24.5 Å². The number of aliphatic hydroxyl groups is 2. The second-order valence-corrected chi connectivity index (χ2v) is 24.2. The van der Waals surface area contributed by atoms with Gasteiger partial charge in [0.15, 0.2) is 0 Å². The summed E-state index contributed by atoms with van der Waals surface area (Å²) in [6.07, 6.45) is 81.1. The van der Waals surface area contributed by atoms with Gasteiger partial charge in [0.1, 0.15) is 0 Å². The third-order valence-electron chi connectivity index (χ3n) is 16.6. The molecule has 0 aromatic carbocycles. The molecule has 0 saturated carbocycles. The summed E-state index contributed by atoms with van der Waals surface area (Å²) < 4.78 is 5.51. The van der Waals surface area contributed by atoms with Gasteiger partial charge in [-0.2, -0.15) is 0 Å². The second-order valence-electron chi connectivity index (χ2n) is 24.2. The number of hydrogen-bond donors (Lipinski definition) is 3. The minimum atomic E-state index is -0.664. The number of rotatable bonds is 66. The quantitative estimate of drug-likeness (QED) is 0.0320. The van der Waals surface area contributed by atoms with Crippen molar-refractivity contribution in [3.8, 4) is 0 Å². The van der Waals surface area contributed by atoms with E-state index in [0.717, 1.165) is 38.5 Å². The van der Waals surface area contributed by atoms with Crippen LogP contribution in [0.4, 0.5) is 0 Å². The Morgan fingerprint density at radius 3 is 0.934 bits per heavy atom. The first-order valence-corrected chi connectivity index (χ1v) is 34.9. The van der Waals surface area contributed by atoms with E-state index in [2.05, 4.69) is 31.3 Å². The van der Waals surface area contributed by atoms with Gasteiger partial charge in [-0.25, -0.2) is 0 Å². The van der Waals surface area contributed by atoms with Gasteiger partial charge in [-0.05, 0) is 51.4 Å². The Labute approximate surface area is 476 Å². The molecule has 6 heteroatoms. The van der Waals surface area contributed by atoms with Gasteiger partial charge in [-0.15, -0.1) is 0 Å². The highest BCUT2D eigenvalue weighted by atomic mass is 16.5. The number of hydrogen-bond acceptors (Lipinski definition) is 5. The Morgan fingerprint density at radius 1 is 0.355 bits per heavy atom. The number of unbranched alkanes of at least 4 members (excludes halogenated alkanes) is 53. The Bertz CT molecular complexity index is 1140. The summed E-state index contributed by atoms with van der Waals surface area (Å²) in [5, 5.41) is 23.3. The topological polar surface area (TPSA) is 95.9 Å². The van der Waals surface area contributed by atoms with E-state index in [-0.39, 0.29) is 18.5 Å². The zero-order valence-electron chi connectivity index (χ0n) is 51.8. The van der Waals surface area contributed by atoms with Crippen molar-refractivity contribution in [3.05, 3.63) is 12.2 Å². The fourth-order valence-electron chi connectivity index (χ4n) is 11.2. The van der Waals surface area contributed by atoms with E-state index in [1.54, 1.807) is 0 Å². The number of amides is 1. The zero-order chi connectivity index (χ0) is 55.0. The van der Waals surface area contributed by atoms with E-state index in [0.29, 0.717) is 25.9 Å². The third kappa shape index (κ3) is 61.8. The number of aliphatic hydroxyl groups excluding tert-OH is 2. The monoisotopic (exact) mass is 1070 g/mol. The summed E-state index contributed by atoms with van der Waals surface area (Å²) in [7, 11) is 0. The van der Waals surface area contributed by atoms with Crippen LogP contribution >= 0.6 is 0 Å². The Morgan fingerprint density at radius 2 is 0.618 bits per heavy atom. The predicted molar refractivity (Wildman–Crippen MR) is 333 cm³/mol. The molecule has 0 aliphatic rings. The van der Waals surface area contributed by atoms with Crippen LogP contribution in [-0.2, 0) is 14.3 Å². The maximum absolute atomic E-state index is 12.5. The number of allylic oxidation sites excluding steroid dienone is 2. The van der Waals surface area contributed by atoms with E-state index >= 15 is 0 Å². The predicted octanol–water partition coefficient (Wildman–Crippen LogP) is 22.4. The lowest BCUT2D eigenvalue weighted by atomic mass is 10.0. The lowest BCUT2D eigenvalue weighted by Crippen LogP contribution is -2.45. The molecule has 0 aliphatic heterocycles. The van der Waals surface area contributed by atoms with Crippen LogP contribution in [0.2, 0.25) is 0 Å². The van der Waals surface area contributed by atoms with Crippen LogP contribution in [0.3, 0.4) is 0 Å². The summed E-state index contributed by atoms with van der Waals surface area (Å²) in [5.41, 5.74) is 0. The number of esters is 1. The van der Waals surface area contributed by atoms with E-state index in [1.165, 1.54) is 327 Å². The van der Waals surface area contributed by atoms with Crippen molar-refractivity contribution in [2.24, 2.45) is 0 Å². The summed E-state index contributed by atoms with van der Waals surface area (Å²) in [5.74, 6) is -0.0140. The summed E-state index contributed by atoms with van der Waals surface area (Å²) in [6.45, 7) is 4.99. The first-order chi connectivity index (χ1) is 37.5. The normalized spacial score (nSPS) is 12.5. The Kier molecular flexibility index (Phi) is 64.9. The molecule has 0 aromatic rings. The average molecular weight is 1070 g/mol. The van der Waals surface area contributed by atoms with Crippen LogP contribution in [0.5, 0.6) is 0 Å². The van der Waals surface area contributed by atoms with Crippen molar-refractivity contribution in [2.45, 2.75) is 411 Å². The lowest BCUT2D eigenvalue weighted by Gasteiger charge is -2.22. The molecule has 0 bridgehead atoms. The molecule has 452 valence electrons. The van der Waals surface area contributed by atoms with Crippen LogP contribution in [0.25, 0.3) is 0 Å². The maximum atomic E-state index is 12.5. The van der Waals surface area contributed by atoms with Gasteiger partial charge in [0.2, 0.25) is 5.91 Å². The Hall–Kier alpha value is -1.40. The maximum Gasteiger partial charge on any atom is 0.305 e. The van der Waals surface area contributed by atoms with Gasteiger partial charge in [0, 0.05) is 12.8 Å². The number of ether oxygens (including phenoxy) is 1. The largest absolute Gasteiger partial charge is 0.466 e. The third-order valence-corrected chi connectivity index (χ3v) is 16.6. The van der Waals surface area contributed by atoms with Crippen molar-refractivity contribution >= 4 is 11.9 Å². The molecule has 0 fully saturated rings. The van der Waals surface area contributed by atoms with Crippen molar-refractivity contribution in [3.63, 3.8) is 0 Å². The van der Waals surface area contributed by atoms with Crippen LogP contribution < -0.4 is 5.32 Å². The summed E-state index contributed by atoms with van der Waals surface area (Å²) in [6, 6.07) is -0.542. The SMILES string of the molecule is CCCCCCCCCCCCCCCCCCCCCC(=O)OCCCCCCCCCCCCCC/C=C\CCCCCCCCCCCCC(=O)NC(CO)C(O)CCCCCCCCCCCCCCCC. The van der Waals surface area contributed by atoms with E-state index in [4.69, 9.17) is 4.74 Å². The van der Waals surface area contributed by atoms with Crippen LogP contribution in [-0.4, -0.2) is 47.4 Å². The van der Waals surface area contributed by atoms with Crippen LogP contribution in [0.1, 0.15) is 399 Å². The van der Waals surface area contributed by atoms with Crippen molar-refractivity contribution in [1.82, 2.24) is 5.32 Å². The van der Waals surface area contributed by atoms with Gasteiger partial charge in [-0.1, -0.05) is 347 Å². The number of carbonyl (C=O) groups excluding carboxylic acids is 2. The molecule has 0 spiro atoms. The molecule has 0 aliphatic carbocycles. The highest BCUT2D eigenvalue weighted by molar-refractivity contribution is 5.76. The van der Waals surface area contributed by atoms with Gasteiger partial charge < -0.3 is 20.3 Å². The lowest BCUT2D eigenvalue weighted by molar-refractivity contribution is -0.143. The molecule has 76 heavy (non-hydrogen) atoms. The number of nitrogens with one attached hydrogen (secondary N) is 1. The van der Waals surface area contributed by atoms with Crippen LogP contribution in [0.15, 0.2) is 12.2 Å². The van der Waals surface area contributed by atoms with Gasteiger partial charge in [0.05, 0.1) is 25.4 Å². The van der Waals surface area contributed by atoms with Crippen molar-refractivity contribution in [2.75, 3.05) is 13.2 Å². The first kappa shape index (κ1) is 74.6. The minimum Gasteiger partial charge on any atom is -0.466 e. The molecular formula is C70H137NO5. The highest BCUT2D eigenvalue weighted by Gasteiger charge is 2.20. The van der Waals surface area contributed by atoms with E-state index in [9.17, 15) is 19.8 Å². The molecule has 3 N–H and O–H groups in total. The standard InChI is InChI=1S/C70H137NO5/c1-3-5-7-9-11-13-15-17-19-20-29-33-36-40-44-48-52-56-60-64-70(75)76-65-61-57-53-49-45-41-37-34-31-28-26-24-22-21-23-25-27-30-32-35-39-43-47-51-55-59-63-69(74)71-67(66-72)68(73)62-58-54-50-46-42-38-18-16-14-12-10-8-6-4-2/h21,23,67-68,72-73H,3-20,22,24-66H2,1-2H3,(H,71,74)/b23-21-. The zero-order valence-corrected chi connectivity index (χ0v) is 51.8. The van der Waals surface area contributed by atoms with Crippen LogP contribution in [0, 0.1) is 0 Å². The smallest absolute Gasteiger partial charge is 0.305 e. The fourth-order valence-corrected chi connectivity index (χ4v) is 11.2. The molecule has 0 rings (SSSR count). The minimum absolute atomic E-state index is 0.0201. The molecule has 2 unspecified atom stereocenters. The first-order valence-electron chi connectivity index (χ1n) is 34.9.